The Bertz CT molecular complexity index is 1790. The van der Waals surface area contributed by atoms with Gasteiger partial charge in [-0.2, -0.15) is 0 Å². The summed E-state index contributed by atoms with van der Waals surface area (Å²) in [5, 5.41) is 54.9. The summed E-state index contributed by atoms with van der Waals surface area (Å²) in [7, 11) is 0. The molecule has 0 amide bonds. The van der Waals surface area contributed by atoms with Gasteiger partial charge in [-0.3, -0.25) is 4.79 Å². The van der Waals surface area contributed by atoms with Gasteiger partial charge in [-0.25, -0.2) is 0 Å². The molecule has 2 aliphatic heterocycles. The van der Waals surface area contributed by atoms with Gasteiger partial charge in [0, 0.05) is 22.5 Å². The maximum Gasteiger partial charge on any atom is 0.307 e. The van der Waals surface area contributed by atoms with Gasteiger partial charge < -0.3 is 44.3 Å². The average molecular weight is 750 g/mol. The zero-order chi connectivity index (χ0) is 38.7. The molecule has 1 unspecified atom stereocenters. The average Bonchev–Trinajstić information content (AvgIpc) is 3.56. The van der Waals surface area contributed by atoms with E-state index in [0.29, 0.717) is 32.0 Å². The van der Waals surface area contributed by atoms with Crippen LogP contribution in [0, 0.1) is 56.7 Å². The standard InChI is InChI=1S/C44H63NO9/c1-24(2)25(3)40(4)17-18-42(6)27-12-13-32-41(5)22-52-23-44(32,28(27)14-16-43(42,7)36(40)38(50)51)20-30(45-19-15-26-10-8-9-11-29(26)45)37(41)54-39-35(49)34(48)33(47)31(21-46)53-39/h8-11,14-15,19,24-25,27,30-37,39,46-49H,12-13,16-18,20-23H2,1-7H3,(H,50,51)/t25-,27+,30-,31-,32+,33-,34+,35-,36-,37+,39+,40-,41?,42-,43+,44+/m1/s1. The number of hydrogen-bond acceptors (Lipinski definition) is 8. The minimum Gasteiger partial charge on any atom is -0.481 e. The molecule has 4 aliphatic carbocycles. The number of nitrogens with zero attached hydrogens (tertiary/aromatic N) is 1. The van der Waals surface area contributed by atoms with Crippen LogP contribution in [0.15, 0.2) is 48.2 Å². The first-order valence-corrected chi connectivity index (χ1v) is 20.5. The van der Waals surface area contributed by atoms with Crippen molar-refractivity contribution >= 4 is 16.9 Å². The van der Waals surface area contributed by atoms with Gasteiger partial charge in [0.25, 0.3) is 0 Å². The molecule has 8 rings (SSSR count). The van der Waals surface area contributed by atoms with Crippen molar-refractivity contribution < 1.29 is 44.5 Å². The third kappa shape index (κ3) is 5.12. The summed E-state index contributed by atoms with van der Waals surface area (Å²) in [6, 6.07) is 10.2. The second-order valence-electron chi connectivity index (χ2n) is 19.7. The fourth-order valence-corrected chi connectivity index (χ4v) is 13.8. The van der Waals surface area contributed by atoms with Gasteiger partial charge >= 0.3 is 5.97 Å². The highest BCUT2D eigenvalue weighted by molar-refractivity contribution is 5.80. The Morgan fingerprint density at radius 3 is 2.41 bits per heavy atom. The molecule has 0 spiro atoms. The second kappa shape index (κ2) is 13.1. The highest BCUT2D eigenvalue weighted by Crippen LogP contribution is 2.75. The first-order valence-electron chi connectivity index (χ1n) is 20.5. The minimum atomic E-state index is -1.54. The topological polar surface area (TPSA) is 151 Å². The zero-order valence-electron chi connectivity index (χ0n) is 33.1. The van der Waals surface area contributed by atoms with Crippen molar-refractivity contribution in [3.05, 3.63) is 48.2 Å². The molecule has 16 atom stereocenters. The monoisotopic (exact) mass is 749 g/mol. The van der Waals surface area contributed by atoms with Crippen molar-refractivity contribution in [3.63, 3.8) is 0 Å². The fourth-order valence-electron chi connectivity index (χ4n) is 13.8. The molecule has 10 nitrogen and oxygen atoms in total. The van der Waals surface area contributed by atoms with E-state index in [1.54, 1.807) is 0 Å². The van der Waals surface area contributed by atoms with Crippen LogP contribution in [-0.2, 0) is 19.0 Å². The van der Waals surface area contributed by atoms with Gasteiger partial charge in [-0.1, -0.05) is 78.3 Å². The van der Waals surface area contributed by atoms with E-state index in [1.165, 1.54) is 5.57 Å². The highest BCUT2D eigenvalue weighted by Gasteiger charge is 2.72. The third-order valence-electron chi connectivity index (χ3n) is 17.2. The number of benzene rings is 1. The molecular formula is C44H63NO9. The Balaban J connectivity index is 1.24. The third-order valence-corrected chi connectivity index (χ3v) is 17.2. The number of fused-ring (bicyclic) bond motifs is 4. The predicted molar refractivity (Wildman–Crippen MR) is 203 cm³/mol. The maximum atomic E-state index is 13.6. The number of aromatic nitrogens is 1. The van der Waals surface area contributed by atoms with E-state index in [9.17, 15) is 30.3 Å². The van der Waals surface area contributed by atoms with Crippen molar-refractivity contribution in [2.45, 2.75) is 130 Å². The molecule has 5 fully saturated rings. The molecule has 10 heteroatoms. The molecule has 0 radical (unpaired) electrons. The van der Waals surface area contributed by atoms with Crippen molar-refractivity contribution in [3.8, 4) is 0 Å². The molecule has 6 aliphatic rings. The summed E-state index contributed by atoms with van der Waals surface area (Å²) in [5.74, 6) is -0.0996. The number of hydrogen-bond donors (Lipinski definition) is 5. The van der Waals surface area contributed by atoms with Crippen molar-refractivity contribution in [2.75, 3.05) is 19.8 Å². The number of carboxylic acids is 1. The molecule has 54 heavy (non-hydrogen) atoms. The van der Waals surface area contributed by atoms with Crippen LogP contribution in [0.3, 0.4) is 0 Å². The summed E-state index contributed by atoms with van der Waals surface area (Å²) in [6.45, 7) is 16.4. The molecule has 1 aromatic heterocycles. The van der Waals surface area contributed by atoms with Crippen molar-refractivity contribution in [1.82, 2.24) is 4.57 Å². The van der Waals surface area contributed by atoms with E-state index < -0.39 is 66.1 Å². The number of aliphatic hydroxyl groups excluding tert-OH is 4. The number of allylic oxidation sites excluding steroid dienone is 1. The van der Waals surface area contributed by atoms with Crippen LogP contribution in [0.2, 0.25) is 0 Å². The molecule has 1 aromatic carbocycles. The van der Waals surface area contributed by atoms with Gasteiger partial charge in [0.05, 0.1) is 37.9 Å². The molecule has 2 saturated heterocycles. The Labute approximate surface area is 319 Å². The van der Waals surface area contributed by atoms with E-state index in [-0.39, 0.29) is 40.0 Å². The smallest absolute Gasteiger partial charge is 0.307 e. The van der Waals surface area contributed by atoms with E-state index in [4.69, 9.17) is 14.2 Å². The molecule has 3 heterocycles. The minimum absolute atomic E-state index is 0.173. The highest BCUT2D eigenvalue weighted by atomic mass is 16.7. The normalized spacial score (nSPS) is 48.0. The van der Waals surface area contributed by atoms with Crippen LogP contribution >= 0.6 is 0 Å². The molecular weight excluding hydrogens is 686 g/mol. The molecule has 3 saturated carbocycles. The molecule has 2 aromatic rings. The largest absolute Gasteiger partial charge is 0.481 e. The number of rotatable bonds is 7. The first-order chi connectivity index (χ1) is 25.5. The summed E-state index contributed by atoms with van der Waals surface area (Å²) in [5.41, 5.74) is 0.677. The van der Waals surface area contributed by atoms with Crippen LogP contribution in [0.5, 0.6) is 0 Å². The van der Waals surface area contributed by atoms with Crippen LogP contribution in [0.4, 0.5) is 0 Å². The lowest BCUT2D eigenvalue weighted by molar-refractivity contribution is -0.342. The lowest BCUT2D eigenvalue weighted by Gasteiger charge is -2.71. The summed E-state index contributed by atoms with van der Waals surface area (Å²) >= 11 is 0. The van der Waals surface area contributed by atoms with Crippen LogP contribution in [0.25, 0.3) is 10.9 Å². The van der Waals surface area contributed by atoms with Crippen molar-refractivity contribution in [2.24, 2.45) is 56.7 Å². The molecule has 2 bridgehead atoms. The van der Waals surface area contributed by atoms with E-state index in [2.05, 4.69) is 83.5 Å². The van der Waals surface area contributed by atoms with Crippen LogP contribution < -0.4 is 0 Å². The maximum absolute atomic E-state index is 13.6. The van der Waals surface area contributed by atoms with Gasteiger partial charge in [0.2, 0.25) is 0 Å². The zero-order valence-corrected chi connectivity index (χ0v) is 33.1. The lowest BCUT2D eigenvalue weighted by Crippen LogP contribution is -2.70. The van der Waals surface area contributed by atoms with Crippen molar-refractivity contribution in [1.29, 1.82) is 0 Å². The number of aliphatic carboxylic acids is 1. The van der Waals surface area contributed by atoms with Crippen LogP contribution in [-0.4, -0.2) is 92.7 Å². The molecule has 5 N–H and O–H groups in total. The predicted octanol–water partition coefficient (Wildman–Crippen LogP) is 5.96. The van der Waals surface area contributed by atoms with E-state index >= 15 is 0 Å². The quantitative estimate of drug-likeness (QED) is 0.171. The fraction of sp³-hybridized carbons (Fsp3) is 0.750. The van der Waals surface area contributed by atoms with Gasteiger partial charge in [0.15, 0.2) is 6.29 Å². The van der Waals surface area contributed by atoms with E-state index in [1.807, 2.05) is 12.1 Å². The molecule has 298 valence electrons. The van der Waals surface area contributed by atoms with Gasteiger partial charge in [-0.05, 0) is 96.0 Å². The van der Waals surface area contributed by atoms with Gasteiger partial charge in [-0.15, -0.1) is 0 Å². The second-order valence-corrected chi connectivity index (χ2v) is 19.7. The summed E-state index contributed by atoms with van der Waals surface area (Å²) < 4.78 is 22.0. The number of ether oxygens (including phenoxy) is 3. The number of carboxylic acid groups (broad SMARTS) is 1. The Hall–Kier alpha value is -2.31. The Kier molecular flexibility index (Phi) is 9.36. The SMILES string of the molecule is CC(C)[C@@H](C)[C@@]1(C)CC[C@]2(C)[C@H]3CC[C@H]4C5(C)COC[C@@]4(C[C@@H](n4ccc6ccccc64)[C@@H]5O[C@@H]4O[C@H](CO)[C@@H](O)[C@H](O)[C@H]4O)C3=CC[C@@]2(C)[C@@H]1C(=O)O. The van der Waals surface area contributed by atoms with E-state index in [0.717, 1.165) is 36.6 Å². The number of aliphatic hydroxyl groups is 4. The Morgan fingerprint density at radius 2 is 1.70 bits per heavy atom. The summed E-state index contributed by atoms with van der Waals surface area (Å²) in [4.78, 5) is 13.6. The van der Waals surface area contributed by atoms with Crippen LogP contribution in [0.1, 0.15) is 93.0 Å². The Morgan fingerprint density at radius 1 is 0.963 bits per heavy atom. The number of para-hydroxylation sites is 1. The number of carbonyl (C=O) groups is 1. The summed E-state index contributed by atoms with van der Waals surface area (Å²) in [6.07, 6.45) is 2.35. The lowest BCUT2D eigenvalue weighted by atomic mass is 9.34. The first kappa shape index (κ1) is 38.6. The van der Waals surface area contributed by atoms with Gasteiger partial charge in [0.1, 0.15) is 24.4 Å².